The molecule has 0 amide bonds. The van der Waals surface area contributed by atoms with Gasteiger partial charge in [0, 0.05) is 0 Å². The van der Waals surface area contributed by atoms with Gasteiger partial charge in [0.15, 0.2) is 5.75 Å². The first-order valence-electron chi connectivity index (χ1n) is 3.74. The lowest BCUT2D eigenvalue weighted by atomic mass is 10.2. The lowest BCUT2D eigenvalue weighted by molar-refractivity contribution is 0.130. The Balaban J connectivity index is 2.71. The van der Waals surface area contributed by atoms with Gasteiger partial charge in [-0.25, -0.2) is 9.97 Å². The first-order valence-corrected chi connectivity index (χ1v) is 3.74. The summed E-state index contributed by atoms with van der Waals surface area (Å²) in [5.74, 6) is 0.896. The van der Waals surface area contributed by atoms with E-state index in [9.17, 15) is 0 Å². The van der Waals surface area contributed by atoms with Gasteiger partial charge >= 0.3 is 0 Å². The van der Waals surface area contributed by atoms with Crippen LogP contribution in [0.15, 0.2) is 12.4 Å². The highest BCUT2D eigenvalue weighted by atomic mass is 16.5. The molecule has 4 nitrogen and oxygen atoms in total. The summed E-state index contributed by atoms with van der Waals surface area (Å²) in [6, 6.07) is 0. The molecule has 1 aromatic heterocycles. The summed E-state index contributed by atoms with van der Waals surface area (Å²) in [6.07, 6.45) is 3.13. The number of nitrogens with two attached hydrogens (primary N) is 1. The maximum Gasteiger partial charge on any atom is 0.220 e. The molecule has 2 N–H and O–H groups in total. The van der Waals surface area contributed by atoms with Gasteiger partial charge in [-0.05, 0) is 20.8 Å². The van der Waals surface area contributed by atoms with Gasteiger partial charge in [0.1, 0.15) is 5.60 Å². The van der Waals surface area contributed by atoms with Crippen molar-refractivity contribution >= 4 is 5.95 Å². The SMILES string of the molecule is CC(C)(C)Oc1cnc(N)nc1. The minimum absolute atomic E-state index is 0.223. The molecule has 1 rings (SSSR count). The van der Waals surface area contributed by atoms with Gasteiger partial charge in [0.25, 0.3) is 0 Å². The Labute approximate surface area is 71.8 Å². The fourth-order valence-electron chi connectivity index (χ4n) is 0.732. The Morgan fingerprint density at radius 3 is 2.17 bits per heavy atom. The van der Waals surface area contributed by atoms with Crippen molar-refractivity contribution in [3.8, 4) is 5.75 Å². The molecule has 0 radical (unpaired) electrons. The van der Waals surface area contributed by atoms with Crippen LogP contribution in [0.2, 0.25) is 0 Å². The molecule has 12 heavy (non-hydrogen) atoms. The quantitative estimate of drug-likeness (QED) is 0.683. The van der Waals surface area contributed by atoms with E-state index in [1.807, 2.05) is 20.8 Å². The molecule has 0 saturated carbocycles. The molecule has 0 atom stereocenters. The smallest absolute Gasteiger partial charge is 0.220 e. The van der Waals surface area contributed by atoms with Crippen molar-refractivity contribution in [2.24, 2.45) is 0 Å². The minimum Gasteiger partial charge on any atom is -0.485 e. The van der Waals surface area contributed by atoms with Gasteiger partial charge in [-0.15, -0.1) is 0 Å². The fourth-order valence-corrected chi connectivity index (χ4v) is 0.732. The van der Waals surface area contributed by atoms with Crippen LogP contribution < -0.4 is 10.5 Å². The molecule has 1 heterocycles. The van der Waals surface area contributed by atoms with E-state index in [0.717, 1.165) is 0 Å². The van der Waals surface area contributed by atoms with Crippen LogP contribution in [0.25, 0.3) is 0 Å². The van der Waals surface area contributed by atoms with Crippen LogP contribution in [0.3, 0.4) is 0 Å². The summed E-state index contributed by atoms with van der Waals surface area (Å²) < 4.78 is 5.48. The fraction of sp³-hybridized carbons (Fsp3) is 0.500. The Morgan fingerprint density at radius 1 is 1.25 bits per heavy atom. The van der Waals surface area contributed by atoms with Crippen molar-refractivity contribution in [3.05, 3.63) is 12.4 Å². The molecule has 0 aliphatic rings. The van der Waals surface area contributed by atoms with Crippen molar-refractivity contribution in [2.45, 2.75) is 26.4 Å². The van der Waals surface area contributed by atoms with Crippen LogP contribution in [-0.2, 0) is 0 Å². The maximum absolute atomic E-state index is 5.48. The van der Waals surface area contributed by atoms with Crippen molar-refractivity contribution < 1.29 is 4.74 Å². The normalized spacial score (nSPS) is 11.2. The summed E-state index contributed by atoms with van der Waals surface area (Å²) in [4.78, 5) is 7.61. The van der Waals surface area contributed by atoms with E-state index < -0.39 is 0 Å². The van der Waals surface area contributed by atoms with E-state index >= 15 is 0 Å². The average molecular weight is 167 g/mol. The first kappa shape index (κ1) is 8.77. The highest BCUT2D eigenvalue weighted by Gasteiger charge is 2.11. The second-order valence-corrected chi connectivity index (χ2v) is 3.49. The molecule has 0 aromatic carbocycles. The Kier molecular flexibility index (Phi) is 2.17. The van der Waals surface area contributed by atoms with Crippen LogP contribution in [0.4, 0.5) is 5.95 Å². The molecular weight excluding hydrogens is 154 g/mol. The molecule has 0 unspecified atom stereocenters. The summed E-state index contributed by atoms with van der Waals surface area (Å²) in [5, 5.41) is 0. The molecule has 0 fully saturated rings. The average Bonchev–Trinajstić information content (AvgIpc) is 1.91. The Bertz CT molecular complexity index is 250. The van der Waals surface area contributed by atoms with Crippen LogP contribution in [-0.4, -0.2) is 15.6 Å². The summed E-state index contributed by atoms with van der Waals surface area (Å²) in [7, 11) is 0. The molecular formula is C8H13N3O. The number of ether oxygens (including phenoxy) is 1. The molecule has 66 valence electrons. The highest BCUT2D eigenvalue weighted by molar-refractivity contribution is 5.21. The van der Waals surface area contributed by atoms with Crippen LogP contribution in [0.1, 0.15) is 20.8 Å². The number of nitrogens with zero attached hydrogens (tertiary/aromatic N) is 2. The molecule has 4 heteroatoms. The van der Waals surface area contributed by atoms with Gasteiger partial charge in [-0.2, -0.15) is 0 Å². The van der Waals surface area contributed by atoms with Gasteiger partial charge in [-0.3, -0.25) is 0 Å². The lowest BCUT2D eigenvalue weighted by Crippen LogP contribution is -2.23. The van der Waals surface area contributed by atoms with Crippen molar-refractivity contribution in [3.63, 3.8) is 0 Å². The van der Waals surface area contributed by atoms with Gasteiger partial charge < -0.3 is 10.5 Å². The second-order valence-electron chi connectivity index (χ2n) is 3.49. The first-order chi connectivity index (χ1) is 5.47. The van der Waals surface area contributed by atoms with Crippen molar-refractivity contribution in [2.75, 3.05) is 5.73 Å². The third kappa shape index (κ3) is 2.74. The number of hydrogen-bond donors (Lipinski definition) is 1. The van der Waals surface area contributed by atoms with E-state index in [4.69, 9.17) is 10.5 Å². The Morgan fingerprint density at radius 2 is 1.75 bits per heavy atom. The number of aromatic nitrogens is 2. The number of anilines is 1. The monoisotopic (exact) mass is 167 g/mol. The van der Waals surface area contributed by atoms with Crippen LogP contribution in [0, 0.1) is 0 Å². The van der Waals surface area contributed by atoms with Gasteiger partial charge in [-0.1, -0.05) is 0 Å². The molecule has 0 aliphatic heterocycles. The highest BCUT2D eigenvalue weighted by Crippen LogP contribution is 2.15. The standard InChI is InChI=1S/C8H13N3O/c1-8(2,3)12-6-4-10-7(9)11-5-6/h4-5H,1-3H3,(H2,9,10,11). The van der Waals surface area contributed by atoms with E-state index in [2.05, 4.69) is 9.97 Å². The van der Waals surface area contributed by atoms with E-state index in [-0.39, 0.29) is 11.5 Å². The minimum atomic E-state index is -0.223. The summed E-state index contributed by atoms with van der Waals surface area (Å²) in [5.41, 5.74) is 5.09. The zero-order valence-corrected chi connectivity index (χ0v) is 7.53. The lowest BCUT2D eigenvalue weighted by Gasteiger charge is -2.20. The zero-order chi connectivity index (χ0) is 9.19. The molecule has 0 saturated heterocycles. The predicted octanol–water partition coefficient (Wildman–Crippen LogP) is 1.24. The van der Waals surface area contributed by atoms with Gasteiger partial charge in [0.05, 0.1) is 12.4 Å². The largest absolute Gasteiger partial charge is 0.485 e. The molecule has 0 bridgehead atoms. The van der Waals surface area contributed by atoms with Gasteiger partial charge in [0.2, 0.25) is 5.95 Å². The van der Waals surface area contributed by atoms with Crippen LogP contribution >= 0.6 is 0 Å². The zero-order valence-electron chi connectivity index (χ0n) is 7.53. The molecule has 1 aromatic rings. The third-order valence-corrected chi connectivity index (χ3v) is 1.07. The van der Waals surface area contributed by atoms with Crippen molar-refractivity contribution in [1.29, 1.82) is 0 Å². The van der Waals surface area contributed by atoms with E-state index in [1.54, 1.807) is 12.4 Å². The number of rotatable bonds is 1. The van der Waals surface area contributed by atoms with Crippen molar-refractivity contribution in [1.82, 2.24) is 9.97 Å². The van der Waals surface area contributed by atoms with E-state index in [1.165, 1.54) is 0 Å². The maximum atomic E-state index is 5.48. The Hall–Kier alpha value is -1.32. The summed E-state index contributed by atoms with van der Waals surface area (Å²) >= 11 is 0. The molecule has 0 aliphatic carbocycles. The summed E-state index contributed by atoms with van der Waals surface area (Å²) in [6.45, 7) is 5.88. The topological polar surface area (TPSA) is 61.0 Å². The number of hydrogen-bond acceptors (Lipinski definition) is 4. The van der Waals surface area contributed by atoms with Crippen LogP contribution in [0.5, 0.6) is 5.75 Å². The number of nitrogen functional groups attached to an aromatic ring is 1. The van der Waals surface area contributed by atoms with E-state index in [0.29, 0.717) is 5.75 Å². The second kappa shape index (κ2) is 2.97. The molecule has 0 spiro atoms. The predicted molar refractivity (Wildman–Crippen MR) is 46.8 cm³/mol. The third-order valence-electron chi connectivity index (χ3n) is 1.07.